The first-order valence-electron chi connectivity index (χ1n) is 26.2. The van der Waals surface area contributed by atoms with Crippen molar-refractivity contribution in [1.29, 1.82) is 0 Å². The molecule has 0 saturated carbocycles. The Kier molecular flexibility index (Phi) is 17.0. The number of carbonyl (C=O) groups is 5. The molecule has 2 fully saturated rings. The number of ketones is 1. The number of thiophene rings is 1. The number of rotatable bonds is 18. The standard InChI is InChI=1S/C59H69ClN6O10S2/c1-57(2,3)26-24-47(67)54-52(75-34-50(70)76-58(4,5)6)51(60)53(77-54)40-13-11-15-42(32-40)61-43-25-27-65(59(7,8)33-43)78(73,74)35-39-12-10-14-41(29-39)62-49(69)31-37-18-16-36(17-19-37)28-38-20-21-44-46(30-38)64(9)56(72)66(44)45-22-23-48(68)63-55(45)71/h10-21,29-30,32,43,45,61H,22-28,31,33-35H2,1-9H3,(H,62,69)(H,63,68,71)/t43-,45?/m0/s1. The van der Waals surface area contributed by atoms with E-state index in [1.807, 2.05) is 80.6 Å². The molecule has 414 valence electrons. The molecule has 6 aromatic rings. The van der Waals surface area contributed by atoms with Crippen LogP contribution in [0.5, 0.6) is 5.75 Å². The van der Waals surface area contributed by atoms with Crippen LogP contribution >= 0.6 is 22.9 Å². The van der Waals surface area contributed by atoms with E-state index >= 15 is 0 Å². The Morgan fingerprint density at radius 2 is 1.54 bits per heavy atom. The number of aryl methyl sites for hydroxylation is 1. The van der Waals surface area contributed by atoms with Crippen molar-refractivity contribution in [3.8, 4) is 16.2 Å². The Bertz CT molecular complexity index is 3460. The van der Waals surface area contributed by atoms with Crippen LogP contribution in [0.25, 0.3) is 21.5 Å². The lowest BCUT2D eigenvalue weighted by molar-refractivity contribution is -0.157. The average Bonchev–Trinajstić information content (AvgIpc) is 4.05. The third kappa shape index (κ3) is 14.0. The summed E-state index contributed by atoms with van der Waals surface area (Å²) >= 11 is 8.22. The second-order valence-corrected chi connectivity index (χ2v) is 26.5. The molecule has 8 rings (SSSR count). The predicted octanol–water partition coefficient (Wildman–Crippen LogP) is 10.4. The number of esters is 1. The second-order valence-electron chi connectivity index (χ2n) is 23.2. The topological polar surface area (TPSA) is 204 Å². The first-order valence-corrected chi connectivity index (χ1v) is 29.0. The van der Waals surface area contributed by atoms with Gasteiger partial charge < -0.3 is 20.1 Å². The van der Waals surface area contributed by atoms with Crippen LogP contribution in [-0.2, 0) is 59.6 Å². The number of aromatic nitrogens is 2. The summed E-state index contributed by atoms with van der Waals surface area (Å²) < 4.78 is 44.3. The molecule has 0 aliphatic carbocycles. The van der Waals surface area contributed by atoms with Crippen LogP contribution < -0.4 is 26.4 Å². The summed E-state index contributed by atoms with van der Waals surface area (Å²) in [6.45, 7) is 15.2. The van der Waals surface area contributed by atoms with E-state index in [9.17, 15) is 37.2 Å². The second kappa shape index (κ2) is 23.0. The lowest BCUT2D eigenvalue weighted by Gasteiger charge is -2.45. The number of amides is 3. The minimum absolute atomic E-state index is 0.0702. The molecule has 2 aliphatic heterocycles. The lowest BCUT2D eigenvalue weighted by Crippen LogP contribution is -2.55. The number of sulfonamides is 1. The number of halogens is 1. The van der Waals surface area contributed by atoms with E-state index in [0.717, 1.165) is 27.9 Å². The fourth-order valence-corrected chi connectivity index (χ4v) is 13.7. The number of carbonyl (C=O) groups excluding carboxylic acids is 5. The lowest BCUT2D eigenvalue weighted by atomic mass is 9.89. The number of imide groups is 1. The first-order chi connectivity index (χ1) is 36.6. The van der Waals surface area contributed by atoms with E-state index in [2.05, 4.69) is 36.7 Å². The third-order valence-electron chi connectivity index (χ3n) is 13.9. The van der Waals surface area contributed by atoms with E-state index in [4.69, 9.17) is 21.1 Å². The number of imidazole rings is 1. The number of benzene rings is 4. The van der Waals surface area contributed by atoms with Gasteiger partial charge in [-0.2, -0.15) is 4.31 Å². The molecule has 0 radical (unpaired) electrons. The van der Waals surface area contributed by atoms with Gasteiger partial charge in [-0.05, 0) is 136 Å². The minimum atomic E-state index is -3.80. The van der Waals surface area contributed by atoms with Crippen molar-refractivity contribution in [2.75, 3.05) is 23.8 Å². The highest BCUT2D eigenvalue weighted by Gasteiger charge is 2.42. The molecule has 2 aliphatic rings. The number of Topliss-reactive ketones (excluding diaryl/α,β-unsaturated/α-hetero) is 1. The van der Waals surface area contributed by atoms with E-state index < -0.39 is 45.7 Å². The molecule has 4 heterocycles. The Balaban J connectivity index is 0.860. The molecule has 0 bridgehead atoms. The maximum atomic E-state index is 14.2. The molecular weight excluding hydrogens is 1050 g/mol. The molecule has 3 amide bonds. The van der Waals surface area contributed by atoms with Gasteiger partial charge in [0.1, 0.15) is 21.5 Å². The van der Waals surface area contributed by atoms with Crippen LogP contribution in [0.4, 0.5) is 11.4 Å². The van der Waals surface area contributed by atoms with Crippen molar-refractivity contribution in [3.63, 3.8) is 0 Å². The summed E-state index contributed by atoms with van der Waals surface area (Å²) in [6.07, 6.45) is 3.07. The zero-order valence-corrected chi connectivity index (χ0v) is 48.1. The quantitative estimate of drug-likeness (QED) is 0.0420. The SMILES string of the molecule is Cn1c(=O)n(C2CCC(=O)NC2=O)c2ccc(Cc3ccc(CC(=O)Nc4cccc(CS(=O)(=O)N5CC[C@H](Nc6cccc(-c7sc(C(=O)CCC(C)(C)C)c(OCC(=O)OC(C)(C)C)c7Cl)c6)CC5(C)C)c4)cc3)cc21. The predicted molar refractivity (Wildman–Crippen MR) is 306 cm³/mol. The number of hydrogen-bond donors (Lipinski definition) is 3. The Morgan fingerprint density at radius 3 is 2.23 bits per heavy atom. The number of nitrogens with zero attached hydrogens (tertiary/aromatic N) is 3. The Hall–Kier alpha value is -6.60. The van der Waals surface area contributed by atoms with E-state index in [1.165, 1.54) is 20.5 Å². The molecule has 2 aromatic heterocycles. The summed E-state index contributed by atoms with van der Waals surface area (Å²) in [6, 6.07) is 27.1. The number of piperidine rings is 2. The molecule has 3 N–H and O–H groups in total. The van der Waals surface area contributed by atoms with E-state index in [1.54, 1.807) is 56.4 Å². The maximum Gasteiger partial charge on any atom is 0.344 e. The highest BCUT2D eigenvalue weighted by atomic mass is 35.5. The summed E-state index contributed by atoms with van der Waals surface area (Å²) in [7, 11) is -2.14. The van der Waals surface area contributed by atoms with Crippen molar-refractivity contribution < 1.29 is 41.9 Å². The van der Waals surface area contributed by atoms with Crippen molar-refractivity contribution in [2.45, 2.75) is 136 Å². The van der Waals surface area contributed by atoms with Crippen molar-refractivity contribution in [3.05, 3.63) is 134 Å². The van der Waals surface area contributed by atoms with Crippen LogP contribution in [-0.4, -0.2) is 81.7 Å². The van der Waals surface area contributed by atoms with Crippen molar-refractivity contribution in [2.24, 2.45) is 12.5 Å². The van der Waals surface area contributed by atoms with Gasteiger partial charge in [-0.25, -0.2) is 18.0 Å². The maximum absolute atomic E-state index is 14.2. The van der Waals surface area contributed by atoms with Crippen LogP contribution in [0.1, 0.15) is 132 Å². The Morgan fingerprint density at radius 1 is 0.846 bits per heavy atom. The monoisotopic (exact) mass is 1120 g/mol. The highest BCUT2D eigenvalue weighted by Crippen LogP contribution is 2.47. The zero-order chi connectivity index (χ0) is 56.5. The van der Waals surface area contributed by atoms with Gasteiger partial charge in [0, 0.05) is 49.4 Å². The molecule has 19 heteroatoms. The summed E-state index contributed by atoms with van der Waals surface area (Å²) in [5, 5.41) is 9.12. The van der Waals surface area contributed by atoms with Gasteiger partial charge in [0.25, 0.3) is 0 Å². The number of hydrogen-bond acceptors (Lipinski definition) is 12. The molecular formula is C59H69ClN6O10S2. The fourth-order valence-electron chi connectivity index (χ4n) is 10.2. The minimum Gasteiger partial charge on any atom is -0.479 e. The first kappa shape index (κ1) is 57.6. The highest BCUT2D eigenvalue weighted by molar-refractivity contribution is 7.88. The summed E-state index contributed by atoms with van der Waals surface area (Å²) in [5.41, 5.74) is 4.75. The van der Waals surface area contributed by atoms with Gasteiger partial charge >= 0.3 is 11.7 Å². The van der Waals surface area contributed by atoms with E-state index in [0.29, 0.717) is 57.7 Å². The zero-order valence-electron chi connectivity index (χ0n) is 45.7. The number of ether oxygens (including phenoxy) is 2. The van der Waals surface area contributed by atoms with Gasteiger partial charge in [0.15, 0.2) is 18.1 Å². The van der Waals surface area contributed by atoms with Crippen LogP contribution in [0.3, 0.4) is 0 Å². The number of fused-ring (bicyclic) bond motifs is 1. The smallest absolute Gasteiger partial charge is 0.344 e. The van der Waals surface area contributed by atoms with Gasteiger partial charge in [-0.3, -0.25) is 33.6 Å². The van der Waals surface area contributed by atoms with Crippen molar-refractivity contribution >= 4 is 84.8 Å². The number of anilines is 2. The molecule has 78 heavy (non-hydrogen) atoms. The largest absolute Gasteiger partial charge is 0.479 e. The molecule has 2 atom stereocenters. The van der Waals surface area contributed by atoms with Gasteiger partial charge in [0.2, 0.25) is 27.7 Å². The van der Waals surface area contributed by atoms with Gasteiger partial charge in [-0.1, -0.05) is 87.0 Å². The normalized spacial score (nSPS) is 17.2. The van der Waals surface area contributed by atoms with Crippen LogP contribution in [0.2, 0.25) is 5.02 Å². The molecule has 2 saturated heterocycles. The summed E-state index contributed by atoms with van der Waals surface area (Å²) in [4.78, 5) is 78.2. The van der Waals surface area contributed by atoms with Crippen molar-refractivity contribution in [1.82, 2.24) is 18.8 Å². The number of nitrogens with one attached hydrogen (secondary N) is 3. The molecule has 16 nitrogen and oxygen atoms in total. The third-order valence-corrected chi connectivity index (χ3v) is 17.7. The van der Waals surface area contributed by atoms with Crippen LogP contribution in [0.15, 0.2) is 95.8 Å². The summed E-state index contributed by atoms with van der Waals surface area (Å²) in [5.74, 6) is -1.87. The molecule has 0 spiro atoms. The van der Waals surface area contributed by atoms with Gasteiger partial charge in [0.05, 0.1) is 28.1 Å². The van der Waals surface area contributed by atoms with Crippen LogP contribution in [0, 0.1) is 5.41 Å². The van der Waals surface area contributed by atoms with E-state index in [-0.39, 0.29) is 83.5 Å². The Labute approximate surface area is 464 Å². The average molecular weight is 1120 g/mol. The molecule has 4 aromatic carbocycles. The van der Waals surface area contributed by atoms with Gasteiger partial charge in [-0.15, -0.1) is 11.3 Å². The molecule has 1 unspecified atom stereocenters. The fraction of sp³-hybridized carbons (Fsp3) is 0.424.